The van der Waals surface area contributed by atoms with Gasteiger partial charge in [-0.1, -0.05) is 12.1 Å². The number of carboxylic acid groups (broad SMARTS) is 4. The molecule has 0 bridgehead atoms. The summed E-state index contributed by atoms with van der Waals surface area (Å²) in [6.07, 6.45) is 0. The van der Waals surface area contributed by atoms with Crippen molar-refractivity contribution in [2.45, 2.75) is 0 Å². The maximum Gasteiger partial charge on any atom is 0.351 e. The highest BCUT2D eigenvalue weighted by Crippen LogP contribution is 2.02. The van der Waals surface area contributed by atoms with Crippen LogP contribution in [0.1, 0.15) is 11.1 Å². The summed E-state index contributed by atoms with van der Waals surface area (Å²) in [5.41, 5.74) is 10.5. The molecule has 0 amide bonds. The Hall–Kier alpha value is -4.82. The van der Waals surface area contributed by atoms with Gasteiger partial charge in [0.15, 0.2) is 11.9 Å². The highest BCUT2D eigenvalue weighted by Gasteiger charge is 1.91. The van der Waals surface area contributed by atoms with E-state index in [0.29, 0.717) is 11.1 Å². The summed E-state index contributed by atoms with van der Waals surface area (Å²) >= 11 is 0. The van der Waals surface area contributed by atoms with Gasteiger partial charge in [-0.25, -0.2) is 9.59 Å². The summed E-state index contributed by atoms with van der Waals surface area (Å²) < 4.78 is 0. The lowest BCUT2D eigenvalue weighted by Gasteiger charge is -1.85. The van der Waals surface area contributed by atoms with Crippen LogP contribution in [0, 0.1) is 22.7 Å². The Morgan fingerprint density at radius 1 is 0.742 bits per heavy atom. The number of hydrogen-bond donors (Lipinski definition) is 4. The van der Waals surface area contributed by atoms with E-state index in [9.17, 15) is 0 Å². The van der Waals surface area contributed by atoms with Crippen LogP contribution in [-0.4, -0.2) is 39.6 Å². The molecule has 10 N–H and O–H groups in total. The van der Waals surface area contributed by atoms with E-state index in [1.54, 1.807) is 24.3 Å². The van der Waals surface area contributed by atoms with Crippen LogP contribution in [0.15, 0.2) is 48.5 Å². The van der Waals surface area contributed by atoms with Gasteiger partial charge in [0.2, 0.25) is 0 Å². The molecule has 164 valence electrons. The van der Waals surface area contributed by atoms with Crippen molar-refractivity contribution in [1.82, 2.24) is 0 Å². The van der Waals surface area contributed by atoms with E-state index in [-0.39, 0.29) is 5.48 Å². The number of carbonyl (C=O) groups excluding carboxylic acids is 2. The zero-order chi connectivity index (χ0) is 23.7. The first-order valence-electron chi connectivity index (χ1n) is 7.47. The first-order valence-corrected chi connectivity index (χ1v) is 7.47. The largest absolute Gasteiger partial charge is 0.539 e. The van der Waals surface area contributed by atoms with Gasteiger partial charge in [-0.15, -0.1) is 0 Å². The molecule has 2 aromatic carbocycles. The fourth-order valence-electron chi connectivity index (χ4n) is 1.28. The summed E-state index contributed by atoms with van der Waals surface area (Å²) in [7, 11) is 0. The van der Waals surface area contributed by atoms with E-state index in [1.165, 1.54) is 0 Å². The maximum atomic E-state index is 9.04. The second-order valence-electron chi connectivity index (χ2n) is 4.81. The zero-order valence-electron chi connectivity index (χ0n) is 15.8. The predicted octanol–water partition coefficient (Wildman–Crippen LogP) is -4.32. The summed E-state index contributed by atoms with van der Waals surface area (Å²) in [4.78, 5) is 36.1. The second-order valence-corrected chi connectivity index (χ2v) is 4.81. The fraction of sp³-hybridized carbons (Fsp3) is 0. The molecule has 0 spiro atoms. The summed E-state index contributed by atoms with van der Waals surface area (Å²) in [6, 6.07) is 18.4. The highest BCUT2D eigenvalue weighted by atomic mass is 16.4. The van der Waals surface area contributed by atoms with Crippen molar-refractivity contribution in [1.29, 1.82) is 10.5 Å². The molecule has 0 aliphatic carbocycles. The second kappa shape index (κ2) is 17.3. The molecule has 0 aliphatic heterocycles. The molecule has 0 atom stereocenters. The molecule has 0 radical (unpaired) electrons. The number of carbonyl (C=O) groups is 4. The number of benzene rings is 2. The smallest absolute Gasteiger partial charge is 0.351 e. The van der Waals surface area contributed by atoms with Gasteiger partial charge in [0, 0.05) is 12.1 Å². The van der Waals surface area contributed by atoms with Crippen LogP contribution in [-0.2, 0) is 19.2 Å². The molecule has 13 heteroatoms. The van der Waals surface area contributed by atoms with Crippen molar-refractivity contribution >= 4 is 35.3 Å². The van der Waals surface area contributed by atoms with Crippen LogP contribution < -0.4 is 21.7 Å². The van der Waals surface area contributed by atoms with Crippen molar-refractivity contribution in [2.75, 3.05) is 0 Å². The van der Waals surface area contributed by atoms with E-state index < -0.39 is 23.9 Å². The number of rotatable bonds is 0. The van der Waals surface area contributed by atoms with Gasteiger partial charge in [0.25, 0.3) is 0 Å². The average molecular weight is 434 g/mol. The fourth-order valence-corrected chi connectivity index (χ4v) is 1.28. The molecule has 0 aliphatic rings. The molecule has 0 saturated carbocycles. The first-order chi connectivity index (χ1) is 13.9. The van der Waals surface area contributed by atoms with Gasteiger partial charge in [0.05, 0.1) is 23.3 Å². The quantitative estimate of drug-likeness (QED) is 0.289. The number of nitriles is 2. The Morgan fingerprint density at radius 2 is 1.00 bits per heavy atom. The van der Waals surface area contributed by atoms with Gasteiger partial charge >= 0.3 is 11.9 Å². The minimum atomic E-state index is -2.07. The number of quaternary nitrogens is 2. The van der Waals surface area contributed by atoms with Crippen LogP contribution in [0.25, 0.3) is 0 Å². The molecule has 13 nitrogen and oxygen atoms in total. The van der Waals surface area contributed by atoms with Crippen molar-refractivity contribution in [3.05, 3.63) is 59.7 Å². The van der Waals surface area contributed by atoms with Crippen LogP contribution in [0.4, 0.5) is 11.4 Å². The lowest BCUT2D eigenvalue weighted by molar-refractivity contribution is -0.303. The SMILES string of the molecule is N#Cc1cccc([NH3+])c1.N#Cc1cccc([NH3+])c1.O.O=C([O-])C(=O)O.O=C([O-])C(=O)O. The Balaban J connectivity index is -0.000000341. The van der Waals surface area contributed by atoms with Crippen LogP contribution >= 0.6 is 0 Å². The lowest BCUT2D eigenvalue weighted by Crippen LogP contribution is -2.40. The highest BCUT2D eigenvalue weighted by molar-refractivity contribution is 6.26. The third-order valence-electron chi connectivity index (χ3n) is 2.46. The normalized spacial score (nSPS) is 7.74. The maximum absolute atomic E-state index is 9.04. The molecule has 0 fully saturated rings. The summed E-state index contributed by atoms with van der Waals surface area (Å²) in [5.74, 6) is -8.02. The van der Waals surface area contributed by atoms with Crippen LogP contribution in [0.5, 0.6) is 0 Å². The van der Waals surface area contributed by atoms with E-state index in [2.05, 4.69) is 11.5 Å². The molecule has 2 aromatic rings. The van der Waals surface area contributed by atoms with Crippen molar-refractivity contribution in [2.24, 2.45) is 0 Å². The molecular weight excluding hydrogens is 416 g/mol. The van der Waals surface area contributed by atoms with Gasteiger partial charge in [-0.2, -0.15) is 10.5 Å². The summed E-state index contributed by atoms with van der Waals surface area (Å²) in [6.45, 7) is 0. The Labute approximate surface area is 174 Å². The molecule has 31 heavy (non-hydrogen) atoms. The van der Waals surface area contributed by atoms with Crippen LogP contribution in [0.2, 0.25) is 0 Å². The number of carboxylic acids is 4. The molecular formula is C18H18N4O9. The molecule has 0 heterocycles. The number of nitrogens with zero attached hydrogens (tertiary/aromatic N) is 2. The Morgan fingerprint density at radius 3 is 1.13 bits per heavy atom. The van der Waals surface area contributed by atoms with Gasteiger partial charge < -0.3 is 47.0 Å². The van der Waals surface area contributed by atoms with E-state index in [1.807, 2.05) is 36.4 Å². The predicted molar refractivity (Wildman–Crippen MR) is 96.3 cm³/mol. The van der Waals surface area contributed by atoms with Gasteiger partial charge in [-0.3, -0.25) is 0 Å². The molecule has 0 saturated heterocycles. The van der Waals surface area contributed by atoms with Crippen molar-refractivity contribution in [3.8, 4) is 12.1 Å². The zero-order valence-corrected chi connectivity index (χ0v) is 15.8. The number of hydrogen-bond acceptors (Lipinski definition) is 8. The Kier molecular flexibility index (Phi) is 17.2. The van der Waals surface area contributed by atoms with Gasteiger partial charge in [0.1, 0.15) is 11.4 Å². The lowest BCUT2D eigenvalue weighted by atomic mass is 10.2. The van der Waals surface area contributed by atoms with Gasteiger partial charge in [-0.05, 0) is 24.3 Å². The van der Waals surface area contributed by atoms with E-state index in [0.717, 1.165) is 11.4 Å². The minimum Gasteiger partial charge on any atom is -0.539 e. The molecule has 2 rings (SSSR count). The first kappa shape index (κ1) is 30.9. The van der Waals surface area contributed by atoms with E-state index in [4.69, 9.17) is 50.1 Å². The topological polar surface area (TPSA) is 289 Å². The molecule has 0 unspecified atom stereocenters. The third kappa shape index (κ3) is 18.3. The summed E-state index contributed by atoms with van der Waals surface area (Å²) in [5, 5.41) is 49.4. The number of aliphatic carboxylic acids is 4. The average Bonchev–Trinajstić information content (AvgIpc) is 2.69. The monoisotopic (exact) mass is 434 g/mol. The standard InChI is InChI=1S/2C7H6N2.2C2H2O4.H2O/c2*8-5-6-2-1-3-7(9)4-6;2*3-1(4)2(5)6;/h2*1-4H,9H2;2*(H,3,4)(H,5,6);1H2. The Bertz CT molecular complexity index is 875. The minimum absolute atomic E-state index is 0. The van der Waals surface area contributed by atoms with Crippen LogP contribution in [0.3, 0.4) is 0 Å². The third-order valence-corrected chi connectivity index (χ3v) is 2.46. The molecule has 0 aromatic heterocycles. The van der Waals surface area contributed by atoms with Crippen molar-refractivity contribution < 1.29 is 56.5 Å². The van der Waals surface area contributed by atoms with Crippen molar-refractivity contribution in [3.63, 3.8) is 0 Å². The van der Waals surface area contributed by atoms with E-state index >= 15 is 0 Å².